The number of hydrogen-bond acceptors (Lipinski definition) is 6. The molecule has 10 heteroatoms. The van der Waals surface area contributed by atoms with E-state index in [9.17, 15) is 9.59 Å². The third kappa shape index (κ3) is 3.96. The number of carbonyl (C=O) groups excluding carboxylic acids is 1. The molecule has 3 aromatic heterocycles. The Morgan fingerprint density at radius 1 is 1.30 bits per heavy atom. The zero-order valence-corrected chi connectivity index (χ0v) is 16.6. The van der Waals surface area contributed by atoms with Crippen molar-refractivity contribution < 1.29 is 9.53 Å². The van der Waals surface area contributed by atoms with E-state index >= 15 is 0 Å². The number of ether oxygens (including phenoxy) is 1. The minimum atomic E-state index is -0.829. The smallest absolute Gasteiger partial charge is 0.329 e. The van der Waals surface area contributed by atoms with Crippen LogP contribution in [0.4, 0.5) is 0 Å². The van der Waals surface area contributed by atoms with E-state index in [1.54, 1.807) is 40.0 Å². The molecule has 3 heterocycles. The highest BCUT2D eigenvalue weighted by atomic mass is 35.5. The van der Waals surface area contributed by atoms with Crippen LogP contribution in [-0.4, -0.2) is 35.7 Å². The molecule has 0 bridgehead atoms. The van der Waals surface area contributed by atoms with Gasteiger partial charge in [0.2, 0.25) is 5.28 Å². The van der Waals surface area contributed by atoms with Gasteiger partial charge in [0.05, 0.1) is 16.9 Å². The largest absolute Gasteiger partial charge is 0.458 e. The topological polar surface area (TPSA) is 91.4 Å². The molecule has 3 rings (SSSR count). The van der Waals surface area contributed by atoms with Crippen molar-refractivity contribution in [2.24, 2.45) is 0 Å². The molecule has 0 unspecified atom stereocenters. The molecular weight excluding hydrogens is 393 g/mol. The summed E-state index contributed by atoms with van der Waals surface area (Å²) in [6, 6.07) is 0.753. The first kappa shape index (κ1) is 19.3. The van der Waals surface area contributed by atoms with Crippen LogP contribution in [0.2, 0.25) is 10.3 Å². The lowest BCUT2D eigenvalue weighted by Crippen LogP contribution is -2.34. The zero-order valence-electron chi connectivity index (χ0n) is 15.1. The quantitative estimate of drug-likeness (QED) is 0.487. The number of aromatic nitrogens is 5. The molecule has 8 nitrogen and oxygen atoms in total. The van der Waals surface area contributed by atoms with Crippen LogP contribution < -0.4 is 5.56 Å². The fourth-order valence-corrected chi connectivity index (χ4v) is 2.79. The van der Waals surface area contributed by atoms with E-state index in [1.165, 1.54) is 21.6 Å². The summed E-state index contributed by atoms with van der Waals surface area (Å²) in [6.45, 7) is 6.87. The average molecular weight is 410 g/mol. The van der Waals surface area contributed by atoms with Crippen LogP contribution in [0, 0.1) is 0 Å². The fourth-order valence-electron chi connectivity index (χ4n) is 2.46. The summed E-state index contributed by atoms with van der Waals surface area (Å²) < 4.78 is 7.96. The van der Waals surface area contributed by atoms with Crippen molar-refractivity contribution in [3.05, 3.63) is 45.4 Å². The van der Waals surface area contributed by atoms with Gasteiger partial charge in [-0.15, -0.1) is 0 Å². The van der Waals surface area contributed by atoms with Gasteiger partial charge in [-0.25, -0.2) is 19.3 Å². The Morgan fingerprint density at radius 2 is 2.00 bits per heavy atom. The molecule has 0 N–H and O–H groups in total. The predicted octanol–water partition coefficient (Wildman–Crippen LogP) is 3.16. The molecule has 0 saturated heterocycles. The minimum Gasteiger partial charge on any atom is -0.458 e. The molecular formula is C17H17Cl2N5O3. The van der Waals surface area contributed by atoms with E-state index in [-0.39, 0.29) is 15.8 Å². The van der Waals surface area contributed by atoms with Crippen LogP contribution in [0.15, 0.2) is 29.6 Å². The highest BCUT2D eigenvalue weighted by Crippen LogP contribution is 2.27. The van der Waals surface area contributed by atoms with Gasteiger partial charge in [0, 0.05) is 11.8 Å². The SMILES string of the molecule is C[C@H](C(=O)OC(C)(C)C)n1cnn2cc(-c3nc(Cl)ncc3Cl)cc2c1=O. The summed E-state index contributed by atoms with van der Waals surface area (Å²) >= 11 is 12.0. The first-order valence-electron chi connectivity index (χ1n) is 8.07. The van der Waals surface area contributed by atoms with Crippen LogP contribution in [0.1, 0.15) is 33.7 Å². The molecule has 0 fully saturated rings. The van der Waals surface area contributed by atoms with Crippen LogP contribution >= 0.6 is 23.2 Å². The number of nitrogens with zero attached hydrogens (tertiary/aromatic N) is 5. The number of esters is 1. The third-order valence-corrected chi connectivity index (χ3v) is 4.17. The van der Waals surface area contributed by atoms with Gasteiger partial charge in [-0.3, -0.25) is 9.36 Å². The molecule has 0 radical (unpaired) electrons. The number of carbonyl (C=O) groups is 1. The average Bonchev–Trinajstić information content (AvgIpc) is 3.00. The molecule has 0 aliphatic rings. The summed E-state index contributed by atoms with van der Waals surface area (Å²) in [5.74, 6) is -0.520. The van der Waals surface area contributed by atoms with Crippen LogP contribution in [0.3, 0.4) is 0 Å². The Balaban J connectivity index is 2.04. The number of hydrogen-bond donors (Lipinski definition) is 0. The summed E-state index contributed by atoms with van der Waals surface area (Å²) in [6.07, 6.45) is 4.27. The molecule has 0 aliphatic carbocycles. The highest BCUT2D eigenvalue weighted by molar-refractivity contribution is 6.33. The Bertz CT molecular complexity index is 1080. The van der Waals surface area contributed by atoms with Gasteiger partial charge in [-0.05, 0) is 45.4 Å². The summed E-state index contributed by atoms with van der Waals surface area (Å²) in [5.41, 5.74) is 0.141. The second kappa shape index (κ2) is 6.94. The van der Waals surface area contributed by atoms with Gasteiger partial charge in [0.25, 0.3) is 5.56 Å². The van der Waals surface area contributed by atoms with Crippen molar-refractivity contribution in [3.8, 4) is 11.3 Å². The molecule has 0 saturated carbocycles. The first-order valence-corrected chi connectivity index (χ1v) is 8.83. The zero-order chi connectivity index (χ0) is 19.9. The molecule has 27 heavy (non-hydrogen) atoms. The van der Waals surface area contributed by atoms with Crippen molar-refractivity contribution >= 4 is 34.7 Å². The molecule has 0 spiro atoms. The highest BCUT2D eigenvalue weighted by Gasteiger charge is 2.24. The lowest BCUT2D eigenvalue weighted by molar-refractivity contribution is -0.158. The summed E-state index contributed by atoms with van der Waals surface area (Å²) in [4.78, 5) is 33.0. The van der Waals surface area contributed by atoms with Crippen molar-refractivity contribution in [3.63, 3.8) is 0 Å². The predicted molar refractivity (Wildman–Crippen MR) is 101 cm³/mol. The Hall–Kier alpha value is -2.45. The van der Waals surface area contributed by atoms with E-state index in [2.05, 4.69) is 15.1 Å². The van der Waals surface area contributed by atoms with Gasteiger partial charge in [0.15, 0.2) is 0 Å². The lowest BCUT2D eigenvalue weighted by atomic mass is 10.2. The fraction of sp³-hybridized carbons (Fsp3) is 0.353. The minimum absolute atomic E-state index is 0.0357. The molecule has 0 aromatic carbocycles. The lowest BCUT2D eigenvalue weighted by Gasteiger charge is -2.22. The van der Waals surface area contributed by atoms with E-state index in [0.29, 0.717) is 11.3 Å². The molecule has 3 aromatic rings. The van der Waals surface area contributed by atoms with E-state index in [1.807, 2.05) is 0 Å². The monoisotopic (exact) mass is 409 g/mol. The van der Waals surface area contributed by atoms with Gasteiger partial charge in [-0.1, -0.05) is 11.6 Å². The first-order chi connectivity index (χ1) is 12.6. The number of halogens is 2. The Kier molecular flexibility index (Phi) is 4.96. The van der Waals surface area contributed by atoms with Gasteiger partial charge in [-0.2, -0.15) is 5.10 Å². The van der Waals surface area contributed by atoms with Crippen LogP contribution in [0.5, 0.6) is 0 Å². The van der Waals surface area contributed by atoms with Crippen molar-refractivity contribution in [1.29, 1.82) is 0 Å². The van der Waals surface area contributed by atoms with Crippen molar-refractivity contribution in [2.45, 2.75) is 39.3 Å². The Labute approximate surface area is 164 Å². The van der Waals surface area contributed by atoms with Crippen LogP contribution in [0.25, 0.3) is 16.8 Å². The second-order valence-corrected chi connectivity index (χ2v) is 7.69. The maximum Gasteiger partial charge on any atom is 0.329 e. The van der Waals surface area contributed by atoms with Gasteiger partial charge in [0.1, 0.15) is 23.5 Å². The van der Waals surface area contributed by atoms with E-state index in [4.69, 9.17) is 27.9 Å². The maximum absolute atomic E-state index is 12.8. The maximum atomic E-state index is 12.8. The second-order valence-electron chi connectivity index (χ2n) is 6.95. The standard InChI is InChI=1S/C17H17Cl2N5O3/c1-9(15(26)27-17(2,3)4)23-8-21-24-7-10(5-12(24)14(23)25)13-11(18)6-20-16(19)22-13/h5-9H,1-4H3/t9-/m1/s1. The third-order valence-electron chi connectivity index (χ3n) is 3.71. The summed E-state index contributed by atoms with van der Waals surface area (Å²) in [7, 11) is 0. The van der Waals surface area contributed by atoms with Crippen molar-refractivity contribution in [2.75, 3.05) is 0 Å². The van der Waals surface area contributed by atoms with Gasteiger partial charge < -0.3 is 4.74 Å². The molecule has 1 atom stereocenters. The molecule has 142 valence electrons. The normalized spacial score (nSPS) is 13.0. The number of rotatable bonds is 3. The van der Waals surface area contributed by atoms with Crippen LogP contribution in [-0.2, 0) is 9.53 Å². The summed E-state index contributed by atoms with van der Waals surface area (Å²) in [5, 5.41) is 4.52. The van der Waals surface area contributed by atoms with Crippen molar-refractivity contribution in [1.82, 2.24) is 24.1 Å². The van der Waals surface area contributed by atoms with Gasteiger partial charge >= 0.3 is 5.97 Å². The van der Waals surface area contributed by atoms with E-state index in [0.717, 1.165) is 0 Å². The Morgan fingerprint density at radius 3 is 2.67 bits per heavy atom. The van der Waals surface area contributed by atoms with E-state index < -0.39 is 23.2 Å². The molecule has 0 aliphatic heterocycles. The molecule has 0 amide bonds. The number of fused-ring (bicyclic) bond motifs is 1.